The molecule has 3 heterocycles. The predicted molar refractivity (Wildman–Crippen MR) is 94.2 cm³/mol. The highest BCUT2D eigenvalue weighted by Crippen LogP contribution is 2.51. The summed E-state index contributed by atoms with van der Waals surface area (Å²) < 4.78 is 0. The third-order valence-corrected chi connectivity index (χ3v) is 5.06. The lowest BCUT2D eigenvalue weighted by molar-refractivity contribution is -0.123. The van der Waals surface area contributed by atoms with Crippen molar-refractivity contribution in [2.45, 2.75) is 26.2 Å². The largest absolute Gasteiger partial charge is 0.325 e. The van der Waals surface area contributed by atoms with Crippen molar-refractivity contribution in [3.8, 4) is 6.07 Å². The third kappa shape index (κ3) is 2.72. The minimum atomic E-state index is -0.824. The molecule has 126 valence electrons. The normalized spacial score (nSPS) is 22.7. The summed E-state index contributed by atoms with van der Waals surface area (Å²) in [5.74, 6) is 1.50. The van der Waals surface area contributed by atoms with Crippen LogP contribution in [0.1, 0.15) is 24.8 Å². The van der Waals surface area contributed by atoms with Gasteiger partial charge in [0.1, 0.15) is 17.1 Å². The van der Waals surface area contributed by atoms with E-state index in [1.165, 1.54) is 0 Å². The number of carbonyl (C=O) groups excluding carboxylic acids is 1. The van der Waals surface area contributed by atoms with Crippen LogP contribution in [0.2, 0.25) is 0 Å². The van der Waals surface area contributed by atoms with E-state index in [1.54, 1.807) is 17.3 Å². The molecule has 2 aliphatic rings. The molecule has 1 saturated heterocycles. The number of carbonyl (C=O) groups is 1. The Hall–Kier alpha value is -2.94. The summed E-state index contributed by atoms with van der Waals surface area (Å²) in [5.41, 5.74) is 1.05. The Morgan fingerprint density at radius 1 is 1.24 bits per heavy atom. The lowest BCUT2D eigenvalue weighted by atomic mass is 9.83. The smallest absolute Gasteiger partial charge is 0.247 e. The van der Waals surface area contributed by atoms with Gasteiger partial charge in [-0.3, -0.25) is 4.79 Å². The first-order valence-corrected chi connectivity index (χ1v) is 8.51. The van der Waals surface area contributed by atoms with Crippen LogP contribution < -0.4 is 10.2 Å². The van der Waals surface area contributed by atoms with Gasteiger partial charge in [-0.05, 0) is 55.9 Å². The van der Waals surface area contributed by atoms with E-state index in [9.17, 15) is 10.1 Å². The summed E-state index contributed by atoms with van der Waals surface area (Å²) in [7, 11) is 0. The SMILES string of the molecule is Cc1ccnc(Nc2cc(N3CC[C@@](C#N)(C4CC4)C3=O)ccn2)c1. The predicted octanol–water partition coefficient (Wildman–Crippen LogP) is 3.19. The maximum absolute atomic E-state index is 12.9. The number of nitrogens with one attached hydrogen (secondary N) is 1. The molecule has 4 rings (SSSR count). The maximum Gasteiger partial charge on any atom is 0.247 e. The Balaban J connectivity index is 1.58. The van der Waals surface area contributed by atoms with Gasteiger partial charge in [0.05, 0.1) is 6.07 Å². The molecule has 1 aliphatic carbocycles. The Bertz CT molecular complexity index is 870. The van der Waals surface area contributed by atoms with E-state index < -0.39 is 5.41 Å². The molecule has 1 amide bonds. The molecule has 1 saturated carbocycles. The summed E-state index contributed by atoms with van der Waals surface area (Å²) in [4.78, 5) is 23.2. The molecule has 6 heteroatoms. The summed E-state index contributed by atoms with van der Waals surface area (Å²) in [6.07, 6.45) is 5.98. The molecule has 0 unspecified atom stereocenters. The molecule has 0 aromatic carbocycles. The van der Waals surface area contributed by atoms with Crippen molar-refractivity contribution >= 4 is 23.2 Å². The van der Waals surface area contributed by atoms with Crippen molar-refractivity contribution in [3.63, 3.8) is 0 Å². The van der Waals surface area contributed by atoms with E-state index in [0.717, 1.165) is 24.1 Å². The Labute approximate surface area is 146 Å². The van der Waals surface area contributed by atoms with Crippen LogP contribution in [0.5, 0.6) is 0 Å². The number of nitrogens with zero attached hydrogens (tertiary/aromatic N) is 4. The highest BCUT2D eigenvalue weighted by Gasteiger charge is 2.56. The lowest BCUT2D eigenvalue weighted by Crippen LogP contribution is -2.35. The van der Waals surface area contributed by atoms with Crippen LogP contribution in [-0.2, 0) is 4.79 Å². The standard InChI is InChI=1S/C19H19N5O/c1-13-4-7-21-16(10-13)23-17-11-15(5-8-22-17)24-9-6-19(12-20,18(24)25)14-2-3-14/h4-5,7-8,10-11,14H,2-3,6,9H2,1H3,(H,21,22,23)/t19-/m1/s1. The topological polar surface area (TPSA) is 81.9 Å². The van der Waals surface area contributed by atoms with Gasteiger partial charge in [-0.2, -0.15) is 5.26 Å². The first-order chi connectivity index (χ1) is 12.1. The molecule has 1 atom stereocenters. The highest BCUT2D eigenvalue weighted by molar-refractivity contribution is 6.02. The van der Waals surface area contributed by atoms with Crippen LogP contribution in [0.15, 0.2) is 36.7 Å². The summed E-state index contributed by atoms with van der Waals surface area (Å²) in [6, 6.07) is 9.83. The summed E-state index contributed by atoms with van der Waals surface area (Å²) >= 11 is 0. The number of aromatic nitrogens is 2. The third-order valence-electron chi connectivity index (χ3n) is 5.06. The Morgan fingerprint density at radius 2 is 1.96 bits per heavy atom. The van der Waals surface area contributed by atoms with Gasteiger partial charge in [0.15, 0.2) is 0 Å². The van der Waals surface area contributed by atoms with E-state index in [4.69, 9.17) is 0 Å². The van der Waals surface area contributed by atoms with Gasteiger partial charge in [-0.15, -0.1) is 0 Å². The molecule has 2 aromatic rings. The monoisotopic (exact) mass is 333 g/mol. The zero-order valence-electron chi connectivity index (χ0n) is 14.1. The fraction of sp³-hybridized carbons (Fsp3) is 0.368. The molecular formula is C19H19N5O. The average molecular weight is 333 g/mol. The highest BCUT2D eigenvalue weighted by atomic mass is 16.2. The van der Waals surface area contributed by atoms with E-state index in [1.807, 2.05) is 31.2 Å². The number of rotatable bonds is 4. The van der Waals surface area contributed by atoms with Gasteiger partial charge in [0.25, 0.3) is 0 Å². The van der Waals surface area contributed by atoms with Gasteiger partial charge < -0.3 is 10.2 Å². The number of amides is 1. The molecule has 6 nitrogen and oxygen atoms in total. The number of aryl methyl sites for hydroxylation is 1. The summed E-state index contributed by atoms with van der Waals surface area (Å²) in [6.45, 7) is 2.58. The van der Waals surface area contributed by atoms with Crippen LogP contribution in [-0.4, -0.2) is 22.4 Å². The minimum absolute atomic E-state index is 0.0664. The van der Waals surface area contributed by atoms with Crippen LogP contribution >= 0.6 is 0 Å². The number of nitriles is 1. The maximum atomic E-state index is 12.9. The van der Waals surface area contributed by atoms with Crippen molar-refractivity contribution in [1.82, 2.24) is 9.97 Å². The Kier molecular flexibility index (Phi) is 3.65. The van der Waals surface area contributed by atoms with Crippen molar-refractivity contribution in [3.05, 3.63) is 42.2 Å². The number of pyridine rings is 2. The summed E-state index contributed by atoms with van der Waals surface area (Å²) in [5, 5.41) is 12.8. The molecule has 25 heavy (non-hydrogen) atoms. The van der Waals surface area contributed by atoms with Crippen LogP contribution in [0.4, 0.5) is 17.3 Å². The second-order valence-electron chi connectivity index (χ2n) is 6.81. The second kappa shape index (κ2) is 5.85. The molecule has 2 aromatic heterocycles. The zero-order valence-corrected chi connectivity index (χ0v) is 14.1. The van der Waals surface area contributed by atoms with Crippen molar-refractivity contribution in [1.29, 1.82) is 5.26 Å². The molecule has 1 N–H and O–H groups in total. The van der Waals surface area contributed by atoms with Gasteiger partial charge in [-0.1, -0.05) is 0 Å². The van der Waals surface area contributed by atoms with Gasteiger partial charge >= 0.3 is 0 Å². The quantitative estimate of drug-likeness (QED) is 0.929. The molecule has 0 radical (unpaired) electrons. The van der Waals surface area contributed by atoms with E-state index in [0.29, 0.717) is 24.6 Å². The molecular weight excluding hydrogens is 314 g/mol. The van der Waals surface area contributed by atoms with Gasteiger partial charge in [0.2, 0.25) is 5.91 Å². The zero-order chi connectivity index (χ0) is 17.4. The number of anilines is 3. The van der Waals surface area contributed by atoms with Gasteiger partial charge in [0, 0.05) is 30.7 Å². The van der Waals surface area contributed by atoms with Crippen molar-refractivity contribution < 1.29 is 4.79 Å². The molecule has 1 aliphatic heterocycles. The van der Waals surface area contributed by atoms with Crippen molar-refractivity contribution in [2.75, 3.05) is 16.8 Å². The van der Waals surface area contributed by atoms with Gasteiger partial charge in [-0.25, -0.2) is 9.97 Å². The van der Waals surface area contributed by atoms with Crippen LogP contribution in [0.3, 0.4) is 0 Å². The Morgan fingerprint density at radius 3 is 2.64 bits per heavy atom. The first kappa shape index (κ1) is 15.6. The second-order valence-corrected chi connectivity index (χ2v) is 6.81. The van der Waals surface area contributed by atoms with Crippen molar-refractivity contribution in [2.24, 2.45) is 11.3 Å². The molecule has 0 spiro atoms. The van der Waals surface area contributed by atoms with E-state index in [-0.39, 0.29) is 11.8 Å². The first-order valence-electron chi connectivity index (χ1n) is 8.51. The van der Waals surface area contributed by atoms with E-state index >= 15 is 0 Å². The number of hydrogen-bond donors (Lipinski definition) is 1. The van der Waals surface area contributed by atoms with E-state index in [2.05, 4.69) is 21.4 Å². The van der Waals surface area contributed by atoms with Crippen LogP contribution in [0, 0.1) is 29.6 Å². The number of hydrogen-bond acceptors (Lipinski definition) is 5. The average Bonchev–Trinajstić information content (AvgIpc) is 3.40. The minimum Gasteiger partial charge on any atom is -0.325 e. The van der Waals surface area contributed by atoms with Crippen LogP contribution in [0.25, 0.3) is 0 Å². The molecule has 0 bridgehead atoms. The lowest BCUT2D eigenvalue weighted by Gasteiger charge is -2.21. The fourth-order valence-corrected chi connectivity index (χ4v) is 3.53. The molecule has 2 fully saturated rings. The fourth-order valence-electron chi connectivity index (χ4n) is 3.53.